The number of hydrogen-bond donors (Lipinski definition) is 1. The molecule has 0 aliphatic rings. The molecule has 0 fully saturated rings. The molecule has 2 aromatic carbocycles. The molecule has 0 saturated heterocycles. The van der Waals surface area contributed by atoms with Crippen LogP contribution in [-0.4, -0.2) is 39.4 Å². The van der Waals surface area contributed by atoms with Crippen LogP contribution in [0.3, 0.4) is 0 Å². The average molecular weight is 479 g/mol. The van der Waals surface area contributed by atoms with E-state index in [1.54, 1.807) is 37.3 Å². The number of nitrogens with one attached hydrogen (secondary N) is 1. The summed E-state index contributed by atoms with van der Waals surface area (Å²) in [7, 11) is -3.68. The van der Waals surface area contributed by atoms with Crippen molar-refractivity contribution < 1.29 is 17.6 Å². The van der Waals surface area contributed by atoms with Gasteiger partial charge < -0.3 is 5.32 Å². The molecule has 0 spiro atoms. The summed E-state index contributed by atoms with van der Waals surface area (Å²) in [6, 6.07) is 9.40. The van der Waals surface area contributed by atoms with Crippen molar-refractivity contribution in [3.63, 3.8) is 0 Å². The molecule has 0 atom stereocenters. The third kappa shape index (κ3) is 6.77. The van der Waals surface area contributed by atoms with Crippen molar-refractivity contribution >= 4 is 56.6 Å². The van der Waals surface area contributed by atoms with Gasteiger partial charge in [0, 0.05) is 33.7 Å². The zero-order chi connectivity index (χ0) is 21.6. The summed E-state index contributed by atoms with van der Waals surface area (Å²) in [6.07, 6.45) is 1.04. The Balaban J connectivity index is 1.90. The van der Waals surface area contributed by atoms with Crippen molar-refractivity contribution in [2.75, 3.05) is 29.4 Å². The van der Waals surface area contributed by atoms with Crippen LogP contribution in [0, 0.1) is 12.7 Å². The summed E-state index contributed by atoms with van der Waals surface area (Å²) in [5.41, 5.74) is 1.36. The second kappa shape index (κ2) is 10.5. The van der Waals surface area contributed by atoms with Gasteiger partial charge in [0.05, 0.1) is 11.9 Å². The summed E-state index contributed by atoms with van der Waals surface area (Å²) < 4.78 is 39.1. The van der Waals surface area contributed by atoms with Crippen LogP contribution in [0.25, 0.3) is 0 Å². The molecule has 0 radical (unpaired) electrons. The molecule has 0 aromatic heterocycles. The molecule has 0 heterocycles. The summed E-state index contributed by atoms with van der Waals surface area (Å²) in [5, 5.41) is 3.46. The molecule has 0 bridgehead atoms. The molecule has 2 rings (SSSR count). The van der Waals surface area contributed by atoms with Gasteiger partial charge in [0.25, 0.3) is 0 Å². The predicted molar refractivity (Wildman–Crippen MR) is 119 cm³/mol. The summed E-state index contributed by atoms with van der Waals surface area (Å²) in [5.74, 6) is 0.0818. The minimum atomic E-state index is -3.68. The molecule has 2 aromatic rings. The smallest absolute Gasteiger partial charge is 0.240 e. The molecule has 10 heteroatoms. The first-order chi connectivity index (χ1) is 13.6. The minimum Gasteiger partial charge on any atom is -0.354 e. The van der Waals surface area contributed by atoms with Crippen molar-refractivity contribution in [1.82, 2.24) is 5.32 Å². The largest absolute Gasteiger partial charge is 0.354 e. The van der Waals surface area contributed by atoms with Crippen molar-refractivity contribution in [3.8, 4) is 0 Å². The number of carbonyl (C=O) groups excluding carboxylic acids is 1. The van der Waals surface area contributed by atoms with Crippen molar-refractivity contribution in [3.05, 3.63) is 63.4 Å². The maximum atomic E-state index is 13.7. The first-order valence-electron chi connectivity index (χ1n) is 8.61. The lowest BCUT2D eigenvalue weighted by molar-refractivity contribution is -0.119. The number of carbonyl (C=O) groups is 1. The highest BCUT2D eigenvalue weighted by Gasteiger charge is 2.22. The second-order valence-electron chi connectivity index (χ2n) is 6.26. The van der Waals surface area contributed by atoms with Crippen LogP contribution in [-0.2, 0) is 20.6 Å². The fraction of sp³-hybridized carbons (Fsp3) is 0.316. The number of nitrogens with zero attached hydrogens (tertiary/aromatic N) is 1. The Morgan fingerprint density at radius 2 is 1.83 bits per heavy atom. The van der Waals surface area contributed by atoms with E-state index in [0.29, 0.717) is 44.9 Å². The van der Waals surface area contributed by atoms with E-state index in [1.165, 1.54) is 17.8 Å². The van der Waals surface area contributed by atoms with Gasteiger partial charge in [-0.25, -0.2) is 12.8 Å². The van der Waals surface area contributed by atoms with E-state index in [9.17, 15) is 17.6 Å². The van der Waals surface area contributed by atoms with E-state index >= 15 is 0 Å². The molecule has 0 aliphatic heterocycles. The van der Waals surface area contributed by atoms with E-state index in [0.717, 1.165) is 10.6 Å². The first-order valence-corrected chi connectivity index (χ1v) is 12.4. The Hall–Kier alpha value is -1.48. The highest BCUT2D eigenvalue weighted by atomic mass is 35.5. The molecule has 0 saturated carbocycles. The first kappa shape index (κ1) is 23.8. The van der Waals surface area contributed by atoms with Gasteiger partial charge in [-0.1, -0.05) is 35.3 Å². The predicted octanol–water partition coefficient (Wildman–Crippen LogP) is 4.26. The Morgan fingerprint density at radius 3 is 2.48 bits per heavy atom. The van der Waals surface area contributed by atoms with Crippen molar-refractivity contribution in [2.24, 2.45) is 0 Å². The Kier molecular flexibility index (Phi) is 8.63. The monoisotopic (exact) mass is 478 g/mol. The van der Waals surface area contributed by atoms with Crippen molar-refractivity contribution in [1.29, 1.82) is 0 Å². The SMILES string of the molecule is Cc1c(Cl)cccc1N(CC(=O)NCCSCc1c(F)cccc1Cl)S(C)(=O)=O. The van der Waals surface area contributed by atoms with Gasteiger partial charge in [0.2, 0.25) is 15.9 Å². The molecule has 1 N–H and O–H groups in total. The standard InChI is InChI=1S/C19H21Cl2FN2O3S2/c1-13-15(20)5-4-8-18(13)24(29(2,26)27)11-19(25)23-9-10-28-12-14-16(21)6-3-7-17(14)22/h3-8H,9-12H2,1-2H3,(H,23,25). The summed E-state index contributed by atoms with van der Waals surface area (Å²) >= 11 is 13.5. The second-order valence-corrected chi connectivity index (χ2v) is 10.1. The number of halogens is 3. The average Bonchev–Trinajstić information content (AvgIpc) is 2.63. The van der Waals surface area contributed by atoms with E-state index in [-0.39, 0.29) is 12.4 Å². The Labute approximate surface area is 184 Å². The molecular weight excluding hydrogens is 458 g/mol. The van der Waals surface area contributed by atoms with E-state index < -0.39 is 15.9 Å². The molecule has 1 amide bonds. The highest BCUT2D eigenvalue weighted by Crippen LogP contribution is 2.28. The zero-order valence-electron chi connectivity index (χ0n) is 15.9. The lowest BCUT2D eigenvalue weighted by Crippen LogP contribution is -2.41. The minimum absolute atomic E-state index is 0.307. The Morgan fingerprint density at radius 1 is 1.17 bits per heavy atom. The number of amides is 1. The molecular formula is C19H21Cl2FN2O3S2. The lowest BCUT2D eigenvalue weighted by Gasteiger charge is -2.24. The van der Waals surface area contributed by atoms with Crippen LogP contribution in [0.15, 0.2) is 36.4 Å². The highest BCUT2D eigenvalue weighted by molar-refractivity contribution is 7.98. The van der Waals surface area contributed by atoms with Gasteiger partial charge in [-0.15, -0.1) is 0 Å². The summed E-state index contributed by atoms with van der Waals surface area (Å²) in [4.78, 5) is 12.3. The van der Waals surface area contributed by atoms with Gasteiger partial charge in [0.15, 0.2) is 0 Å². The molecule has 158 valence electrons. The van der Waals surface area contributed by atoms with E-state index in [4.69, 9.17) is 23.2 Å². The normalized spacial score (nSPS) is 11.3. The maximum absolute atomic E-state index is 13.7. The van der Waals surface area contributed by atoms with Crippen LogP contribution in [0.5, 0.6) is 0 Å². The van der Waals surface area contributed by atoms with Gasteiger partial charge in [-0.2, -0.15) is 11.8 Å². The third-order valence-corrected chi connectivity index (χ3v) is 6.95. The van der Waals surface area contributed by atoms with Gasteiger partial charge in [0.1, 0.15) is 12.4 Å². The van der Waals surface area contributed by atoms with Crippen LogP contribution in [0.1, 0.15) is 11.1 Å². The number of sulfonamides is 1. The van der Waals surface area contributed by atoms with E-state index in [2.05, 4.69) is 5.32 Å². The maximum Gasteiger partial charge on any atom is 0.240 e. The Bertz CT molecular complexity index is 967. The fourth-order valence-corrected chi connectivity index (χ4v) is 4.81. The number of hydrogen-bond acceptors (Lipinski definition) is 4. The lowest BCUT2D eigenvalue weighted by atomic mass is 10.2. The number of anilines is 1. The fourth-order valence-electron chi connectivity index (χ4n) is 2.54. The van der Waals surface area contributed by atoms with Gasteiger partial charge in [-0.3, -0.25) is 9.10 Å². The van der Waals surface area contributed by atoms with Crippen LogP contribution in [0.2, 0.25) is 10.0 Å². The molecule has 0 unspecified atom stereocenters. The number of thioether (sulfide) groups is 1. The molecule has 0 aliphatic carbocycles. The van der Waals surface area contributed by atoms with Crippen LogP contribution in [0.4, 0.5) is 10.1 Å². The van der Waals surface area contributed by atoms with Crippen LogP contribution < -0.4 is 9.62 Å². The summed E-state index contributed by atoms with van der Waals surface area (Å²) in [6.45, 7) is 1.64. The molecule has 5 nitrogen and oxygen atoms in total. The van der Waals surface area contributed by atoms with Gasteiger partial charge in [-0.05, 0) is 36.8 Å². The van der Waals surface area contributed by atoms with E-state index in [1.807, 2.05) is 0 Å². The van der Waals surface area contributed by atoms with Crippen LogP contribution >= 0.6 is 35.0 Å². The topological polar surface area (TPSA) is 66.5 Å². The number of rotatable bonds is 9. The number of benzene rings is 2. The van der Waals surface area contributed by atoms with Crippen molar-refractivity contribution in [2.45, 2.75) is 12.7 Å². The molecule has 29 heavy (non-hydrogen) atoms. The quantitative estimate of drug-likeness (QED) is 0.546. The third-order valence-electron chi connectivity index (χ3n) is 4.07. The zero-order valence-corrected chi connectivity index (χ0v) is 19.1. The van der Waals surface area contributed by atoms with Gasteiger partial charge >= 0.3 is 0 Å².